The lowest BCUT2D eigenvalue weighted by Gasteiger charge is -2.39. The van der Waals surface area contributed by atoms with Gasteiger partial charge in [0.2, 0.25) is 0 Å². The van der Waals surface area contributed by atoms with Gasteiger partial charge in [0, 0.05) is 5.56 Å². The maximum Gasteiger partial charge on any atom is 0.339 e. The molecule has 0 amide bonds. The van der Waals surface area contributed by atoms with Crippen molar-refractivity contribution in [2.45, 2.75) is 58.2 Å². The van der Waals surface area contributed by atoms with Crippen molar-refractivity contribution in [2.75, 3.05) is 7.11 Å². The molecule has 1 aromatic carbocycles. The van der Waals surface area contributed by atoms with Crippen LogP contribution < -0.4 is 5.51 Å². The standard InChI is InChI=1S/C20H28ClNO3Si/c1-12(2)26(13(3)4,14(5)6)20-22-11-18(25-20)15-8-9-16(17(21)10-15)19(23)24-7/h8-14H,1-7H3. The Kier molecular flexibility index (Phi) is 6.35. The van der Waals surface area contributed by atoms with Gasteiger partial charge in [-0.15, -0.1) is 0 Å². The Morgan fingerprint density at radius 2 is 1.69 bits per heavy atom. The number of carbonyl (C=O) groups excluding carboxylic acids is 1. The highest BCUT2D eigenvalue weighted by Crippen LogP contribution is 2.41. The minimum atomic E-state index is -1.95. The first-order valence-corrected chi connectivity index (χ1v) is 11.6. The predicted octanol–water partition coefficient (Wildman–Crippen LogP) is 5.67. The van der Waals surface area contributed by atoms with Crippen molar-refractivity contribution in [1.29, 1.82) is 0 Å². The van der Waals surface area contributed by atoms with E-state index < -0.39 is 14.0 Å². The van der Waals surface area contributed by atoms with E-state index in [9.17, 15) is 4.79 Å². The zero-order valence-corrected chi connectivity index (χ0v) is 18.3. The molecule has 0 radical (unpaired) electrons. The second-order valence-corrected chi connectivity index (χ2v) is 13.8. The molecule has 2 rings (SSSR count). The largest absolute Gasteiger partial charge is 0.465 e. The zero-order chi connectivity index (χ0) is 19.6. The number of esters is 1. The monoisotopic (exact) mass is 393 g/mol. The van der Waals surface area contributed by atoms with Crippen LogP contribution in [0.4, 0.5) is 0 Å². The second-order valence-electron chi connectivity index (χ2n) is 7.61. The van der Waals surface area contributed by atoms with Crippen molar-refractivity contribution < 1.29 is 13.9 Å². The van der Waals surface area contributed by atoms with Crippen LogP contribution in [0.1, 0.15) is 51.9 Å². The zero-order valence-electron chi connectivity index (χ0n) is 16.6. The van der Waals surface area contributed by atoms with Crippen LogP contribution in [0, 0.1) is 0 Å². The van der Waals surface area contributed by atoms with Gasteiger partial charge in [-0.1, -0.05) is 59.2 Å². The summed E-state index contributed by atoms with van der Waals surface area (Å²) in [6.07, 6.45) is 1.77. The number of carbonyl (C=O) groups is 1. The van der Waals surface area contributed by atoms with E-state index in [4.69, 9.17) is 25.7 Å². The lowest BCUT2D eigenvalue weighted by atomic mass is 10.1. The summed E-state index contributed by atoms with van der Waals surface area (Å²) in [6, 6.07) is 5.19. The molecule has 0 fully saturated rings. The van der Waals surface area contributed by atoms with Crippen molar-refractivity contribution in [2.24, 2.45) is 0 Å². The number of benzene rings is 1. The summed E-state index contributed by atoms with van der Waals surface area (Å²) in [7, 11) is -0.612. The first-order chi connectivity index (χ1) is 12.2. The predicted molar refractivity (Wildman–Crippen MR) is 109 cm³/mol. The Labute approximate surface area is 161 Å². The fraction of sp³-hybridized carbons (Fsp3) is 0.500. The van der Waals surface area contributed by atoms with E-state index in [0.717, 1.165) is 11.1 Å². The molecular weight excluding hydrogens is 366 g/mol. The molecule has 0 saturated carbocycles. The van der Waals surface area contributed by atoms with Crippen LogP contribution in [0.25, 0.3) is 11.3 Å². The molecule has 0 N–H and O–H groups in total. The number of methoxy groups -OCH3 is 1. The molecule has 26 heavy (non-hydrogen) atoms. The highest BCUT2D eigenvalue weighted by atomic mass is 35.5. The molecule has 0 spiro atoms. The molecule has 0 aliphatic rings. The summed E-state index contributed by atoms with van der Waals surface area (Å²) in [5.41, 5.74) is 3.58. The molecular formula is C20H28ClNO3Si. The Morgan fingerprint density at radius 1 is 1.12 bits per heavy atom. The molecule has 6 heteroatoms. The van der Waals surface area contributed by atoms with Crippen LogP contribution in [0.3, 0.4) is 0 Å². The van der Waals surface area contributed by atoms with Crippen molar-refractivity contribution in [3.63, 3.8) is 0 Å². The third-order valence-electron chi connectivity index (χ3n) is 5.40. The molecule has 0 aliphatic carbocycles. The SMILES string of the molecule is COC(=O)c1ccc(-c2cnc([Si](C(C)C)(C(C)C)C(C)C)o2)cc1Cl. The number of hydrogen-bond acceptors (Lipinski definition) is 4. The quantitative estimate of drug-likeness (QED) is 0.468. The highest BCUT2D eigenvalue weighted by Gasteiger charge is 2.48. The number of hydrogen-bond donors (Lipinski definition) is 0. The third kappa shape index (κ3) is 3.47. The van der Waals surface area contributed by atoms with E-state index in [1.54, 1.807) is 18.3 Å². The van der Waals surface area contributed by atoms with Gasteiger partial charge in [-0.2, -0.15) is 0 Å². The van der Waals surface area contributed by atoms with Gasteiger partial charge in [0.15, 0.2) is 19.3 Å². The van der Waals surface area contributed by atoms with Gasteiger partial charge in [0.1, 0.15) is 0 Å². The number of rotatable bonds is 6. The Balaban J connectivity index is 2.49. The van der Waals surface area contributed by atoms with Crippen LogP contribution in [0.2, 0.25) is 21.6 Å². The van der Waals surface area contributed by atoms with E-state index in [1.165, 1.54) is 7.11 Å². The number of halogens is 1. The van der Waals surface area contributed by atoms with Gasteiger partial charge >= 0.3 is 5.97 Å². The van der Waals surface area contributed by atoms with E-state index in [1.807, 2.05) is 6.07 Å². The van der Waals surface area contributed by atoms with E-state index >= 15 is 0 Å². The molecule has 1 aromatic heterocycles. The van der Waals surface area contributed by atoms with Crippen LogP contribution in [-0.4, -0.2) is 26.1 Å². The van der Waals surface area contributed by atoms with Crippen molar-refractivity contribution >= 4 is 31.2 Å². The van der Waals surface area contributed by atoms with Crippen molar-refractivity contribution in [3.05, 3.63) is 35.0 Å². The first-order valence-electron chi connectivity index (χ1n) is 9.00. The Hall–Kier alpha value is -1.59. The van der Waals surface area contributed by atoms with Crippen LogP contribution >= 0.6 is 11.6 Å². The van der Waals surface area contributed by atoms with Gasteiger partial charge in [0.05, 0.1) is 23.9 Å². The minimum Gasteiger partial charge on any atom is -0.465 e. The molecule has 142 valence electrons. The molecule has 0 unspecified atom stereocenters. The van der Waals surface area contributed by atoms with Gasteiger partial charge in [-0.05, 0) is 28.8 Å². The summed E-state index contributed by atoms with van der Waals surface area (Å²) in [5, 5.41) is 0.340. The molecule has 0 aliphatic heterocycles. The number of nitrogens with zero attached hydrogens (tertiary/aromatic N) is 1. The molecule has 0 saturated heterocycles. The number of aromatic nitrogens is 1. The van der Waals surface area contributed by atoms with Crippen LogP contribution in [-0.2, 0) is 4.74 Å². The molecule has 0 bridgehead atoms. The molecule has 1 heterocycles. The maximum atomic E-state index is 11.7. The molecule has 2 aromatic rings. The normalized spacial score (nSPS) is 12.3. The lowest BCUT2D eigenvalue weighted by molar-refractivity contribution is 0.0601. The summed E-state index contributed by atoms with van der Waals surface area (Å²) < 4.78 is 11.0. The maximum absolute atomic E-state index is 11.7. The average Bonchev–Trinajstić information content (AvgIpc) is 3.03. The van der Waals surface area contributed by atoms with Crippen molar-refractivity contribution in [1.82, 2.24) is 4.98 Å². The van der Waals surface area contributed by atoms with E-state index in [0.29, 0.717) is 33.0 Å². The molecule has 0 atom stereocenters. The average molecular weight is 394 g/mol. The third-order valence-corrected chi connectivity index (χ3v) is 12.4. The smallest absolute Gasteiger partial charge is 0.339 e. The Morgan fingerprint density at radius 3 is 2.15 bits per heavy atom. The van der Waals surface area contributed by atoms with Gasteiger partial charge < -0.3 is 9.15 Å². The first kappa shape index (κ1) is 20.7. The topological polar surface area (TPSA) is 52.3 Å². The number of oxazole rings is 1. The second kappa shape index (κ2) is 7.97. The summed E-state index contributed by atoms with van der Waals surface area (Å²) in [6.45, 7) is 13.7. The van der Waals surface area contributed by atoms with Gasteiger partial charge in [-0.3, -0.25) is 0 Å². The van der Waals surface area contributed by atoms with Crippen LogP contribution in [0.15, 0.2) is 28.8 Å². The van der Waals surface area contributed by atoms with Gasteiger partial charge in [-0.25, -0.2) is 9.78 Å². The fourth-order valence-electron chi connectivity index (χ4n) is 4.29. The van der Waals surface area contributed by atoms with Gasteiger partial charge in [0.25, 0.3) is 0 Å². The Bertz CT molecular complexity index is 761. The molecule has 4 nitrogen and oxygen atoms in total. The lowest BCUT2D eigenvalue weighted by Crippen LogP contribution is -2.56. The van der Waals surface area contributed by atoms with E-state index in [2.05, 4.69) is 41.5 Å². The fourth-order valence-corrected chi connectivity index (χ4v) is 10.6. The van der Waals surface area contributed by atoms with Crippen molar-refractivity contribution in [3.8, 4) is 11.3 Å². The van der Waals surface area contributed by atoms with Crippen LogP contribution in [0.5, 0.6) is 0 Å². The summed E-state index contributed by atoms with van der Waals surface area (Å²) >= 11 is 6.25. The summed E-state index contributed by atoms with van der Waals surface area (Å²) in [5.74, 6) is 0.225. The number of ether oxygens (including phenoxy) is 1. The van der Waals surface area contributed by atoms with E-state index in [-0.39, 0.29) is 0 Å². The summed E-state index contributed by atoms with van der Waals surface area (Å²) in [4.78, 5) is 16.4. The highest BCUT2D eigenvalue weighted by molar-refractivity contribution is 6.93. The minimum absolute atomic E-state index is 0.340.